The monoisotopic (exact) mass is 314 g/mol. The first-order valence-corrected chi connectivity index (χ1v) is 8.19. The third kappa shape index (κ3) is 4.47. The minimum atomic E-state index is -1.00. The van der Waals surface area contributed by atoms with Crippen LogP contribution in [0.2, 0.25) is 0 Å². The molecule has 2 atom stereocenters. The fourth-order valence-corrected chi connectivity index (χ4v) is 2.85. The molecule has 0 saturated heterocycles. The molecule has 0 rings (SSSR count). The van der Waals surface area contributed by atoms with Crippen molar-refractivity contribution in [2.24, 2.45) is 28.1 Å². The highest BCUT2D eigenvalue weighted by atomic mass is 16.4. The molecule has 0 aliphatic heterocycles. The molecule has 0 fully saturated rings. The van der Waals surface area contributed by atoms with Gasteiger partial charge in [-0.1, -0.05) is 55.4 Å². The molecule has 2 unspecified atom stereocenters. The van der Waals surface area contributed by atoms with Gasteiger partial charge in [0.1, 0.15) is 0 Å². The molecule has 0 saturated carbocycles. The van der Waals surface area contributed by atoms with E-state index in [9.17, 15) is 19.8 Å². The van der Waals surface area contributed by atoms with Gasteiger partial charge in [-0.05, 0) is 35.5 Å². The van der Waals surface area contributed by atoms with Crippen LogP contribution in [0.25, 0.3) is 0 Å². The minimum absolute atomic E-state index is 0.0986. The number of carboxylic acids is 2. The molecule has 4 heteroatoms. The maximum absolute atomic E-state index is 11.9. The molecule has 22 heavy (non-hydrogen) atoms. The van der Waals surface area contributed by atoms with Crippen LogP contribution in [0, 0.1) is 28.1 Å². The van der Waals surface area contributed by atoms with Gasteiger partial charge in [0.15, 0.2) is 0 Å². The van der Waals surface area contributed by atoms with Crippen molar-refractivity contribution in [1.82, 2.24) is 0 Å². The lowest BCUT2D eigenvalue weighted by atomic mass is 9.59. The number of hydrogen-bond acceptors (Lipinski definition) is 2. The third-order valence-corrected chi connectivity index (χ3v) is 6.11. The summed E-state index contributed by atoms with van der Waals surface area (Å²) in [5.74, 6) is -3.75. The number of hydrogen-bond donors (Lipinski definition) is 2. The van der Waals surface area contributed by atoms with Crippen molar-refractivity contribution in [3.8, 4) is 0 Å². The molecule has 0 aromatic rings. The predicted octanol–water partition coefficient (Wildman–Crippen LogP) is 4.68. The van der Waals surface area contributed by atoms with Crippen LogP contribution in [0.15, 0.2) is 0 Å². The Bertz CT molecular complexity index is 400. The van der Waals surface area contributed by atoms with Crippen LogP contribution in [0.4, 0.5) is 0 Å². The topological polar surface area (TPSA) is 74.6 Å². The second-order valence-corrected chi connectivity index (χ2v) is 8.46. The number of carboxylic acid groups (broad SMARTS) is 2. The molecule has 0 aromatic heterocycles. The summed E-state index contributed by atoms with van der Waals surface area (Å²) in [5, 5.41) is 19.4. The Morgan fingerprint density at radius 3 is 1.50 bits per heavy atom. The SMILES string of the molecule is CCC(C)(CC)C(C(=O)O)C(CC(C)(C)C(C)(C)C)C(=O)O. The highest BCUT2D eigenvalue weighted by molar-refractivity contribution is 5.80. The summed E-state index contributed by atoms with van der Waals surface area (Å²) in [5.41, 5.74) is -0.881. The van der Waals surface area contributed by atoms with Crippen LogP contribution in [0.1, 0.15) is 74.7 Å². The average Bonchev–Trinajstić information content (AvgIpc) is 2.35. The van der Waals surface area contributed by atoms with E-state index >= 15 is 0 Å². The lowest BCUT2D eigenvalue weighted by molar-refractivity contribution is -0.162. The molecular formula is C18H34O4. The summed E-state index contributed by atoms with van der Waals surface area (Å²) in [7, 11) is 0. The normalized spacial score (nSPS) is 16.2. The first-order valence-electron chi connectivity index (χ1n) is 8.19. The van der Waals surface area contributed by atoms with E-state index < -0.39 is 29.2 Å². The van der Waals surface area contributed by atoms with Gasteiger partial charge >= 0.3 is 11.9 Å². The Morgan fingerprint density at radius 1 is 0.864 bits per heavy atom. The van der Waals surface area contributed by atoms with Crippen LogP contribution < -0.4 is 0 Å². The zero-order chi connectivity index (χ0) is 17.9. The molecule has 0 aliphatic carbocycles. The molecule has 0 amide bonds. The summed E-state index contributed by atoms with van der Waals surface area (Å²) in [6, 6.07) is 0. The highest BCUT2D eigenvalue weighted by Gasteiger charge is 2.48. The number of carbonyl (C=O) groups is 2. The van der Waals surface area contributed by atoms with Crippen LogP contribution in [-0.4, -0.2) is 22.2 Å². The first-order chi connectivity index (χ1) is 9.73. The van der Waals surface area contributed by atoms with Crippen molar-refractivity contribution in [3.63, 3.8) is 0 Å². The fourth-order valence-electron chi connectivity index (χ4n) is 2.85. The van der Waals surface area contributed by atoms with Gasteiger partial charge < -0.3 is 10.2 Å². The molecule has 0 spiro atoms. The standard InChI is InChI=1S/C18H34O4/c1-9-18(8,10-2)13(15(21)22)12(14(19)20)11-17(6,7)16(3,4)5/h12-13H,9-11H2,1-8H3,(H,19,20)(H,21,22). The van der Waals surface area contributed by atoms with E-state index in [2.05, 4.69) is 20.8 Å². The van der Waals surface area contributed by atoms with Crippen LogP contribution in [0.5, 0.6) is 0 Å². The Hall–Kier alpha value is -1.06. The van der Waals surface area contributed by atoms with Crippen LogP contribution in [0.3, 0.4) is 0 Å². The second-order valence-electron chi connectivity index (χ2n) is 8.46. The quantitative estimate of drug-likeness (QED) is 0.682. The van der Waals surface area contributed by atoms with E-state index in [1.807, 2.05) is 34.6 Å². The summed E-state index contributed by atoms with van der Waals surface area (Å²) >= 11 is 0. The maximum Gasteiger partial charge on any atom is 0.307 e. The van der Waals surface area contributed by atoms with E-state index in [0.29, 0.717) is 19.3 Å². The van der Waals surface area contributed by atoms with Crippen molar-refractivity contribution >= 4 is 11.9 Å². The Morgan fingerprint density at radius 2 is 1.27 bits per heavy atom. The Balaban J connectivity index is 5.82. The van der Waals surface area contributed by atoms with E-state index in [-0.39, 0.29) is 10.8 Å². The third-order valence-electron chi connectivity index (χ3n) is 6.11. The van der Waals surface area contributed by atoms with Crippen molar-refractivity contribution in [2.45, 2.75) is 74.7 Å². The second kappa shape index (κ2) is 7.01. The van der Waals surface area contributed by atoms with Gasteiger partial charge in [0.25, 0.3) is 0 Å². The van der Waals surface area contributed by atoms with Gasteiger partial charge in [0.2, 0.25) is 0 Å². The van der Waals surface area contributed by atoms with Gasteiger partial charge in [0, 0.05) is 0 Å². The van der Waals surface area contributed by atoms with E-state index in [4.69, 9.17) is 0 Å². The molecule has 0 aromatic carbocycles. The van der Waals surface area contributed by atoms with Gasteiger partial charge in [-0.25, -0.2) is 0 Å². The maximum atomic E-state index is 11.9. The molecule has 0 aliphatic rings. The largest absolute Gasteiger partial charge is 0.481 e. The lowest BCUT2D eigenvalue weighted by Gasteiger charge is -2.44. The molecule has 2 N–H and O–H groups in total. The molecular weight excluding hydrogens is 280 g/mol. The van der Waals surface area contributed by atoms with Crippen LogP contribution >= 0.6 is 0 Å². The molecule has 0 heterocycles. The van der Waals surface area contributed by atoms with Crippen LogP contribution in [-0.2, 0) is 9.59 Å². The highest BCUT2D eigenvalue weighted by Crippen LogP contribution is 2.48. The van der Waals surface area contributed by atoms with E-state index in [1.165, 1.54) is 0 Å². The van der Waals surface area contributed by atoms with Crippen molar-refractivity contribution < 1.29 is 19.8 Å². The fraction of sp³-hybridized carbons (Fsp3) is 0.889. The minimum Gasteiger partial charge on any atom is -0.481 e. The lowest BCUT2D eigenvalue weighted by Crippen LogP contribution is -2.45. The van der Waals surface area contributed by atoms with E-state index in [1.54, 1.807) is 0 Å². The summed E-state index contributed by atoms with van der Waals surface area (Å²) in [6.45, 7) is 16.0. The Labute approximate surface area is 135 Å². The molecule has 130 valence electrons. The van der Waals surface area contributed by atoms with Gasteiger partial charge in [-0.15, -0.1) is 0 Å². The molecule has 0 bridgehead atoms. The van der Waals surface area contributed by atoms with Crippen molar-refractivity contribution in [3.05, 3.63) is 0 Å². The summed E-state index contributed by atoms with van der Waals surface area (Å²) < 4.78 is 0. The molecule has 4 nitrogen and oxygen atoms in total. The van der Waals surface area contributed by atoms with Gasteiger partial charge in [-0.3, -0.25) is 9.59 Å². The summed E-state index contributed by atoms with van der Waals surface area (Å²) in [4.78, 5) is 23.7. The predicted molar refractivity (Wildman–Crippen MR) is 88.8 cm³/mol. The Kier molecular flexibility index (Phi) is 6.67. The molecule has 0 radical (unpaired) electrons. The average molecular weight is 314 g/mol. The number of rotatable bonds is 8. The number of aliphatic carboxylic acids is 2. The van der Waals surface area contributed by atoms with Gasteiger partial charge in [-0.2, -0.15) is 0 Å². The smallest absolute Gasteiger partial charge is 0.307 e. The van der Waals surface area contributed by atoms with Crippen molar-refractivity contribution in [1.29, 1.82) is 0 Å². The van der Waals surface area contributed by atoms with Gasteiger partial charge in [0.05, 0.1) is 11.8 Å². The first kappa shape index (κ1) is 20.9. The van der Waals surface area contributed by atoms with Crippen molar-refractivity contribution in [2.75, 3.05) is 0 Å². The zero-order valence-corrected chi connectivity index (χ0v) is 15.5. The summed E-state index contributed by atoms with van der Waals surface area (Å²) in [6.07, 6.45) is 1.67. The van der Waals surface area contributed by atoms with E-state index in [0.717, 1.165) is 0 Å². The zero-order valence-electron chi connectivity index (χ0n) is 15.5.